The van der Waals surface area contributed by atoms with E-state index in [9.17, 15) is 0 Å². The van der Waals surface area contributed by atoms with Crippen LogP contribution in [0.3, 0.4) is 0 Å². The first-order chi connectivity index (χ1) is 5.40. The van der Waals surface area contributed by atoms with Gasteiger partial charge in [-0.05, 0) is 17.7 Å². The molecule has 2 rings (SSSR count). The lowest BCUT2D eigenvalue weighted by molar-refractivity contribution is 1.05. The number of hydrogen-bond acceptors (Lipinski definition) is 2. The van der Waals surface area contributed by atoms with E-state index in [1.807, 2.05) is 28.9 Å². The quantitative estimate of drug-likeness (QED) is 0.793. The van der Waals surface area contributed by atoms with Crippen molar-refractivity contribution in [1.82, 2.24) is 9.38 Å². The first kappa shape index (κ1) is 12.2. The van der Waals surface area contributed by atoms with Crippen molar-refractivity contribution in [3.63, 3.8) is 0 Å². The van der Waals surface area contributed by atoms with E-state index in [2.05, 4.69) is 4.98 Å². The highest BCUT2D eigenvalue weighted by molar-refractivity contribution is 5.85. The Kier molecular flexibility index (Phi) is 4.77. The highest BCUT2D eigenvalue weighted by atomic mass is 35.5. The number of pyridine rings is 1. The molecule has 0 unspecified atom stereocenters. The second kappa shape index (κ2) is 5.07. The molecule has 2 aromatic heterocycles. The second-order valence-electron chi connectivity index (χ2n) is 2.43. The largest absolute Gasteiger partial charge is 0.326 e. The van der Waals surface area contributed by atoms with E-state index in [1.165, 1.54) is 0 Å². The van der Waals surface area contributed by atoms with E-state index in [0.717, 1.165) is 11.2 Å². The van der Waals surface area contributed by atoms with E-state index in [1.54, 1.807) is 6.20 Å². The number of nitrogens with zero attached hydrogens (tertiary/aromatic N) is 2. The molecule has 2 aromatic rings. The van der Waals surface area contributed by atoms with E-state index < -0.39 is 0 Å². The maximum absolute atomic E-state index is 5.47. The van der Waals surface area contributed by atoms with Crippen LogP contribution >= 0.6 is 24.8 Å². The molecule has 72 valence electrons. The summed E-state index contributed by atoms with van der Waals surface area (Å²) in [6.07, 6.45) is 5.65. The van der Waals surface area contributed by atoms with Crippen LogP contribution in [0, 0.1) is 0 Å². The van der Waals surface area contributed by atoms with Gasteiger partial charge >= 0.3 is 0 Å². The third-order valence-electron chi connectivity index (χ3n) is 1.70. The summed E-state index contributed by atoms with van der Waals surface area (Å²) in [5.41, 5.74) is 7.54. The van der Waals surface area contributed by atoms with E-state index in [0.29, 0.717) is 6.54 Å². The fourth-order valence-electron chi connectivity index (χ4n) is 1.08. The molecule has 0 radical (unpaired) electrons. The summed E-state index contributed by atoms with van der Waals surface area (Å²) in [7, 11) is 0. The number of fused-ring (bicyclic) bond motifs is 1. The molecule has 0 amide bonds. The molecule has 0 aliphatic carbocycles. The van der Waals surface area contributed by atoms with Gasteiger partial charge in [-0.3, -0.25) is 0 Å². The van der Waals surface area contributed by atoms with Crippen LogP contribution in [0.15, 0.2) is 30.7 Å². The average Bonchev–Trinajstić information content (AvgIpc) is 2.50. The number of hydrogen-bond donors (Lipinski definition) is 1. The molecule has 0 saturated carbocycles. The lowest BCUT2D eigenvalue weighted by Crippen LogP contribution is -1.96. The number of aromatic nitrogens is 2. The van der Waals surface area contributed by atoms with Crippen molar-refractivity contribution < 1.29 is 0 Å². The van der Waals surface area contributed by atoms with Gasteiger partial charge in [0.1, 0.15) is 5.65 Å². The predicted octanol–water partition coefficient (Wildman–Crippen LogP) is 1.64. The Bertz CT molecular complexity index is 372. The Morgan fingerprint density at radius 1 is 1.31 bits per heavy atom. The van der Waals surface area contributed by atoms with Gasteiger partial charge in [0.05, 0.1) is 0 Å². The third kappa shape index (κ3) is 2.34. The molecule has 5 heteroatoms. The monoisotopic (exact) mass is 219 g/mol. The van der Waals surface area contributed by atoms with Crippen LogP contribution in [-0.4, -0.2) is 9.38 Å². The Labute approximate surface area is 88.8 Å². The zero-order valence-electron chi connectivity index (χ0n) is 6.88. The number of halogens is 2. The summed E-state index contributed by atoms with van der Waals surface area (Å²) in [5.74, 6) is 0. The van der Waals surface area contributed by atoms with Crippen molar-refractivity contribution in [3.8, 4) is 0 Å². The molecular formula is C8H11Cl2N3. The molecule has 0 spiro atoms. The van der Waals surface area contributed by atoms with E-state index in [4.69, 9.17) is 5.73 Å². The van der Waals surface area contributed by atoms with Gasteiger partial charge in [0.2, 0.25) is 0 Å². The summed E-state index contributed by atoms with van der Waals surface area (Å²) < 4.78 is 1.96. The first-order valence-electron chi connectivity index (χ1n) is 3.52. The minimum Gasteiger partial charge on any atom is -0.326 e. The van der Waals surface area contributed by atoms with Crippen LogP contribution in [0.25, 0.3) is 5.65 Å². The van der Waals surface area contributed by atoms with Crippen LogP contribution in [0.1, 0.15) is 5.56 Å². The highest BCUT2D eigenvalue weighted by Crippen LogP contribution is 2.03. The zero-order chi connectivity index (χ0) is 7.68. The number of imidazole rings is 1. The molecule has 0 fully saturated rings. The molecular weight excluding hydrogens is 209 g/mol. The van der Waals surface area contributed by atoms with E-state index >= 15 is 0 Å². The molecule has 13 heavy (non-hydrogen) atoms. The fraction of sp³-hybridized carbons (Fsp3) is 0.125. The van der Waals surface area contributed by atoms with Crippen LogP contribution in [0.5, 0.6) is 0 Å². The van der Waals surface area contributed by atoms with Crippen molar-refractivity contribution in [1.29, 1.82) is 0 Å². The highest BCUT2D eigenvalue weighted by Gasteiger charge is 1.93. The van der Waals surface area contributed by atoms with Crippen molar-refractivity contribution in [2.24, 2.45) is 5.73 Å². The molecule has 2 heterocycles. The van der Waals surface area contributed by atoms with Gasteiger partial charge in [0.25, 0.3) is 0 Å². The van der Waals surface area contributed by atoms with Crippen LogP contribution < -0.4 is 5.73 Å². The summed E-state index contributed by atoms with van der Waals surface area (Å²) in [6, 6.07) is 3.98. The van der Waals surface area contributed by atoms with Gasteiger partial charge in [-0.15, -0.1) is 24.8 Å². The maximum Gasteiger partial charge on any atom is 0.136 e. The molecule has 0 aliphatic rings. The molecule has 3 nitrogen and oxygen atoms in total. The smallest absolute Gasteiger partial charge is 0.136 e. The van der Waals surface area contributed by atoms with Crippen LogP contribution in [0.4, 0.5) is 0 Å². The van der Waals surface area contributed by atoms with Gasteiger partial charge < -0.3 is 10.1 Å². The second-order valence-corrected chi connectivity index (χ2v) is 2.43. The Balaban J connectivity index is 0.000000720. The van der Waals surface area contributed by atoms with Gasteiger partial charge in [-0.1, -0.05) is 0 Å². The third-order valence-corrected chi connectivity index (χ3v) is 1.70. The maximum atomic E-state index is 5.47. The summed E-state index contributed by atoms with van der Waals surface area (Å²) in [6.45, 7) is 0.573. The molecule has 0 aliphatic heterocycles. The normalized spacial score (nSPS) is 9.00. The van der Waals surface area contributed by atoms with Gasteiger partial charge in [-0.25, -0.2) is 4.98 Å². The Hall–Kier alpha value is -0.770. The van der Waals surface area contributed by atoms with Gasteiger partial charge in [0, 0.05) is 25.1 Å². The molecule has 0 aromatic carbocycles. The van der Waals surface area contributed by atoms with Crippen LogP contribution in [0.2, 0.25) is 0 Å². The van der Waals surface area contributed by atoms with Crippen molar-refractivity contribution in [3.05, 3.63) is 36.3 Å². The SMILES string of the molecule is Cl.Cl.NCc1ccn2ccnc2c1. The standard InChI is InChI=1S/C8H9N3.2ClH/c9-6-7-1-3-11-4-2-10-8(11)5-7;;/h1-5H,6,9H2;2*1H. The topological polar surface area (TPSA) is 43.3 Å². The molecule has 2 N–H and O–H groups in total. The Morgan fingerprint density at radius 3 is 2.77 bits per heavy atom. The van der Waals surface area contributed by atoms with Crippen molar-refractivity contribution >= 4 is 30.5 Å². The lowest BCUT2D eigenvalue weighted by atomic mass is 10.3. The summed E-state index contributed by atoms with van der Waals surface area (Å²) >= 11 is 0. The number of nitrogens with two attached hydrogens (primary N) is 1. The number of rotatable bonds is 1. The van der Waals surface area contributed by atoms with Crippen LogP contribution in [-0.2, 0) is 6.54 Å². The molecule has 0 bridgehead atoms. The summed E-state index contributed by atoms with van der Waals surface area (Å²) in [4.78, 5) is 4.13. The lowest BCUT2D eigenvalue weighted by Gasteiger charge is -1.96. The van der Waals surface area contributed by atoms with E-state index in [-0.39, 0.29) is 24.8 Å². The van der Waals surface area contributed by atoms with Crippen molar-refractivity contribution in [2.45, 2.75) is 6.54 Å². The minimum absolute atomic E-state index is 0. The minimum atomic E-state index is 0. The van der Waals surface area contributed by atoms with Gasteiger partial charge in [0.15, 0.2) is 0 Å². The Morgan fingerprint density at radius 2 is 2.08 bits per heavy atom. The molecule has 0 saturated heterocycles. The zero-order valence-corrected chi connectivity index (χ0v) is 8.52. The molecule has 0 atom stereocenters. The predicted molar refractivity (Wildman–Crippen MR) is 57.6 cm³/mol. The first-order valence-corrected chi connectivity index (χ1v) is 3.52. The average molecular weight is 220 g/mol. The van der Waals surface area contributed by atoms with Gasteiger partial charge in [-0.2, -0.15) is 0 Å². The van der Waals surface area contributed by atoms with Crippen molar-refractivity contribution in [2.75, 3.05) is 0 Å². The summed E-state index contributed by atoms with van der Waals surface area (Å²) in [5, 5.41) is 0. The fourth-order valence-corrected chi connectivity index (χ4v) is 1.08.